The van der Waals surface area contributed by atoms with Crippen LogP contribution in [-0.2, 0) is 11.2 Å². The molecule has 0 spiro atoms. The molecule has 31 heavy (non-hydrogen) atoms. The predicted molar refractivity (Wildman–Crippen MR) is 118 cm³/mol. The Hall–Kier alpha value is -3.26. The van der Waals surface area contributed by atoms with Crippen LogP contribution in [0.25, 0.3) is 5.65 Å². The molecule has 1 saturated heterocycles. The standard InChI is InChI=1S/C20H22BrN9O/c1-20(2)11-29(17-4-3-13(9-22)26-27-17)6-5-14(20)25-19-12(7-16(23)31)10-24-18-8-15(21)28-30(18)19/h3-4,8,10,14,25H,5-7,11H2,1-2H3,(H2,23,31)/t14-/m1/s1. The summed E-state index contributed by atoms with van der Waals surface area (Å²) in [7, 11) is 0. The monoisotopic (exact) mass is 483 g/mol. The van der Waals surface area contributed by atoms with Gasteiger partial charge in [0, 0.05) is 42.4 Å². The summed E-state index contributed by atoms with van der Waals surface area (Å²) in [6.45, 7) is 5.87. The molecule has 1 fully saturated rings. The second kappa shape index (κ2) is 8.11. The zero-order valence-corrected chi connectivity index (χ0v) is 18.8. The summed E-state index contributed by atoms with van der Waals surface area (Å²) >= 11 is 3.39. The smallest absolute Gasteiger partial charge is 0.222 e. The number of amides is 1. The van der Waals surface area contributed by atoms with E-state index in [0.29, 0.717) is 21.5 Å². The van der Waals surface area contributed by atoms with Crippen molar-refractivity contribution in [1.29, 1.82) is 5.26 Å². The van der Waals surface area contributed by atoms with Crippen LogP contribution in [0.1, 0.15) is 31.5 Å². The highest BCUT2D eigenvalue weighted by molar-refractivity contribution is 9.10. The number of carbonyl (C=O) groups is 1. The van der Waals surface area contributed by atoms with Crippen molar-refractivity contribution >= 4 is 39.1 Å². The Labute approximate surface area is 187 Å². The van der Waals surface area contributed by atoms with Gasteiger partial charge in [0.05, 0.1) is 6.42 Å². The number of primary amides is 1. The first-order valence-corrected chi connectivity index (χ1v) is 10.6. The molecule has 3 N–H and O–H groups in total. The predicted octanol–water partition coefficient (Wildman–Crippen LogP) is 1.90. The molecule has 10 nitrogen and oxygen atoms in total. The van der Waals surface area contributed by atoms with Crippen LogP contribution in [-0.4, -0.2) is 49.8 Å². The Morgan fingerprint density at radius 1 is 1.42 bits per heavy atom. The summed E-state index contributed by atoms with van der Waals surface area (Å²) in [6, 6.07) is 7.42. The number of nitrogens with one attached hydrogen (secondary N) is 1. The number of piperidine rings is 1. The van der Waals surface area contributed by atoms with Gasteiger partial charge in [-0.15, -0.1) is 10.2 Å². The van der Waals surface area contributed by atoms with Crippen molar-refractivity contribution in [3.8, 4) is 6.07 Å². The van der Waals surface area contributed by atoms with E-state index in [-0.39, 0.29) is 17.9 Å². The minimum Gasteiger partial charge on any atom is -0.369 e. The number of rotatable bonds is 5. The molecule has 4 rings (SSSR count). The molecular formula is C20H22BrN9O. The Bertz CT molecular complexity index is 1170. The number of nitrogens with two attached hydrogens (primary N) is 1. The molecule has 0 aliphatic carbocycles. The van der Waals surface area contributed by atoms with Crippen LogP contribution in [0.4, 0.5) is 11.6 Å². The summed E-state index contributed by atoms with van der Waals surface area (Å²) in [5.74, 6) is 1.05. The van der Waals surface area contributed by atoms with E-state index in [1.807, 2.05) is 18.2 Å². The molecule has 4 heterocycles. The number of nitriles is 1. The van der Waals surface area contributed by atoms with Crippen molar-refractivity contribution < 1.29 is 4.79 Å². The summed E-state index contributed by atoms with van der Waals surface area (Å²) in [5, 5.41) is 25.2. The fourth-order valence-electron chi connectivity index (χ4n) is 3.95. The summed E-state index contributed by atoms with van der Waals surface area (Å²) in [5.41, 5.74) is 6.99. The molecule has 0 radical (unpaired) electrons. The van der Waals surface area contributed by atoms with Crippen molar-refractivity contribution in [3.63, 3.8) is 0 Å². The number of hydrogen-bond donors (Lipinski definition) is 2. The number of halogens is 1. The van der Waals surface area contributed by atoms with Gasteiger partial charge >= 0.3 is 0 Å². The van der Waals surface area contributed by atoms with E-state index in [2.05, 4.69) is 60.3 Å². The van der Waals surface area contributed by atoms with Crippen molar-refractivity contribution in [3.05, 3.63) is 40.3 Å². The molecule has 1 amide bonds. The van der Waals surface area contributed by atoms with Crippen LogP contribution < -0.4 is 16.0 Å². The van der Waals surface area contributed by atoms with Crippen molar-refractivity contribution in [2.24, 2.45) is 11.1 Å². The first-order valence-electron chi connectivity index (χ1n) is 9.83. The van der Waals surface area contributed by atoms with Crippen LogP contribution >= 0.6 is 15.9 Å². The maximum absolute atomic E-state index is 11.6. The molecule has 3 aromatic heterocycles. The molecule has 160 valence electrons. The molecular weight excluding hydrogens is 462 g/mol. The fourth-order valence-corrected chi connectivity index (χ4v) is 4.31. The lowest BCUT2D eigenvalue weighted by atomic mass is 9.79. The van der Waals surface area contributed by atoms with Crippen LogP contribution in [0.15, 0.2) is 29.0 Å². The Kier molecular flexibility index (Phi) is 5.49. The normalized spacial score (nSPS) is 18.0. The largest absolute Gasteiger partial charge is 0.369 e. The van der Waals surface area contributed by atoms with Gasteiger partial charge in [0.2, 0.25) is 5.91 Å². The van der Waals surface area contributed by atoms with Crippen molar-refractivity contribution in [2.45, 2.75) is 32.7 Å². The van der Waals surface area contributed by atoms with Gasteiger partial charge in [0.1, 0.15) is 16.5 Å². The fraction of sp³-hybridized carbons (Fsp3) is 0.400. The molecule has 1 atom stereocenters. The first kappa shape index (κ1) is 21.0. The molecule has 3 aromatic rings. The quantitative estimate of drug-likeness (QED) is 0.560. The number of fused-ring (bicyclic) bond motifs is 1. The highest BCUT2D eigenvalue weighted by Crippen LogP contribution is 2.34. The van der Waals surface area contributed by atoms with Gasteiger partial charge in [-0.2, -0.15) is 14.9 Å². The lowest BCUT2D eigenvalue weighted by Crippen LogP contribution is -2.52. The van der Waals surface area contributed by atoms with Gasteiger partial charge in [0.15, 0.2) is 17.2 Å². The Morgan fingerprint density at radius 3 is 2.87 bits per heavy atom. The lowest BCUT2D eigenvalue weighted by molar-refractivity contribution is -0.117. The van der Waals surface area contributed by atoms with Gasteiger partial charge < -0.3 is 16.0 Å². The topological polar surface area (TPSA) is 138 Å². The van der Waals surface area contributed by atoms with Crippen molar-refractivity contribution in [1.82, 2.24) is 24.8 Å². The Morgan fingerprint density at radius 2 is 2.23 bits per heavy atom. The van der Waals surface area contributed by atoms with Crippen LogP contribution in [0.3, 0.4) is 0 Å². The third kappa shape index (κ3) is 4.29. The van der Waals surface area contributed by atoms with E-state index in [4.69, 9.17) is 11.0 Å². The molecule has 0 bridgehead atoms. The van der Waals surface area contributed by atoms with Gasteiger partial charge in [-0.05, 0) is 34.5 Å². The average Bonchev–Trinajstić information content (AvgIpc) is 3.11. The van der Waals surface area contributed by atoms with Gasteiger partial charge in [-0.25, -0.2) is 4.98 Å². The van der Waals surface area contributed by atoms with Crippen LogP contribution in [0.5, 0.6) is 0 Å². The third-order valence-corrected chi connectivity index (χ3v) is 5.91. The maximum Gasteiger partial charge on any atom is 0.222 e. The van der Waals surface area contributed by atoms with E-state index in [9.17, 15) is 4.79 Å². The zero-order chi connectivity index (χ0) is 22.2. The Balaban J connectivity index is 1.60. The van der Waals surface area contributed by atoms with E-state index < -0.39 is 5.91 Å². The van der Waals surface area contributed by atoms with Gasteiger partial charge in [-0.3, -0.25) is 4.79 Å². The average molecular weight is 484 g/mol. The number of carbonyl (C=O) groups excluding carboxylic acids is 1. The highest BCUT2D eigenvalue weighted by atomic mass is 79.9. The molecule has 1 aliphatic heterocycles. The number of anilines is 2. The number of nitrogens with zero attached hydrogens (tertiary/aromatic N) is 7. The third-order valence-electron chi connectivity index (χ3n) is 5.52. The van der Waals surface area contributed by atoms with E-state index in [1.165, 1.54) is 0 Å². The SMILES string of the molecule is CC1(C)CN(c2ccc(C#N)nn2)CC[C@H]1Nc1c(CC(N)=O)cnc2cc(Br)nn12. The minimum absolute atomic E-state index is 0.0723. The van der Waals surface area contributed by atoms with Gasteiger partial charge in [-0.1, -0.05) is 13.8 Å². The minimum atomic E-state index is -0.427. The summed E-state index contributed by atoms with van der Waals surface area (Å²) in [4.78, 5) is 18.2. The highest BCUT2D eigenvalue weighted by Gasteiger charge is 2.37. The molecule has 11 heteroatoms. The van der Waals surface area contributed by atoms with E-state index in [0.717, 1.165) is 31.1 Å². The molecule has 0 saturated carbocycles. The second-order valence-corrected chi connectivity index (χ2v) is 9.11. The van der Waals surface area contributed by atoms with Gasteiger partial charge in [0.25, 0.3) is 0 Å². The zero-order valence-electron chi connectivity index (χ0n) is 17.2. The second-order valence-electron chi connectivity index (χ2n) is 8.30. The summed E-state index contributed by atoms with van der Waals surface area (Å²) in [6.07, 6.45) is 2.57. The first-order chi connectivity index (χ1) is 14.8. The molecule has 0 unspecified atom stereocenters. The van der Waals surface area contributed by atoms with Crippen LogP contribution in [0, 0.1) is 16.7 Å². The van der Waals surface area contributed by atoms with E-state index in [1.54, 1.807) is 16.8 Å². The summed E-state index contributed by atoms with van der Waals surface area (Å²) < 4.78 is 2.37. The number of aromatic nitrogens is 5. The molecule has 1 aliphatic rings. The maximum atomic E-state index is 11.6. The van der Waals surface area contributed by atoms with Crippen LogP contribution in [0.2, 0.25) is 0 Å². The van der Waals surface area contributed by atoms with E-state index >= 15 is 0 Å². The molecule has 0 aromatic carbocycles. The van der Waals surface area contributed by atoms with Crippen molar-refractivity contribution in [2.75, 3.05) is 23.3 Å². The number of hydrogen-bond acceptors (Lipinski definition) is 8. The lowest BCUT2D eigenvalue weighted by Gasteiger charge is -2.45.